The van der Waals surface area contributed by atoms with Gasteiger partial charge in [-0.05, 0) is 6.92 Å². The molecule has 0 aromatic heterocycles. The third-order valence-electron chi connectivity index (χ3n) is 1.25. The maximum Gasteiger partial charge on any atom is 0.114 e. The Balaban J connectivity index is -0.000000392. The van der Waals surface area contributed by atoms with Gasteiger partial charge in [-0.1, -0.05) is 0 Å². The minimum atomic E-state index is -2.97. The van der Waals surface area contributed by atoms with Crippen LogP contribution in [0.2, 0.25) is 0 Å². The topological polar surface area (TPSA) is 181 Å². The van der Waals surface area contributed by atoms with Gasteiger partial charge in [0.15, 0.2) is 0 Å². The quantitative estimate of drug-likeness (QED) is 0.482. The molecule has 0 aliphatic carbocycles. The van der Waals surface area contributed by atoms with Crippen LogP contribution in [0, 0.1) is 0 Å². The van der Waals surface area contributed by atoms with Gasteiger partial charge in [0.05, 0.1) is 5.97 Å². The summed E-state index contributed by atoms with van der Waals surface area (Å²) in [5, 5.41) is 47.8. The van der Waals surface area contributed by atoms with Gasteiger partial charge < -0.3 is 44.7 Å². The van der Waals surface area contributed by atoms with Crippen LogP contribution in [-0.2, 0) is 36.2 Å². The summed E-state index contributed by atoms with van der Waals surface area (Å²) >= 11 is 0. The zero-order chi connectivity index (χ0) is 14.2. The third kappa shape index (κ3) is 12.4. The summed E-state index contributed by atoms with van der Waals surface area (Å²) in [5.74, 6) is -7.07. The van der Waals surface area contributed by atoms with Crippen LogP contribution in [0.1, 0.15) is 19.8 Å². The van der Waals surface area contributed by atoms with Crippen LogP contribution in [-0.4, -0.2) is 34.6 Å². The van der Waals surface area contributed by atoms with Crippen molar-refractivity contribution in [2.75, 3.05) is 0 Å². The van der Waals surface area contributed by atoms with Crippen LogP contribution in [0.15, 0.2) is 0 Å². The second-order valence-corrected chi connectivity index (χ2v) is 2.91. The van der Waals surface area contributed by atoms with E-state index < -0.39 is 42.3 Å². The molecule has 1 radical (unpaired) electrons. The van der Waals surface area contributed by atoms with E-state index >= 15 is 0 Å². The number of aliphatic carboxylic acids is 4. The average molecular weight is 312 g/mol. The molecule has 0 saturated carbocycles. The summed E-state index contributed by atoms with van der Waals surface area (Å²) in [4.78, 5) is 38.9. The van der Waals surface area contributed by atoms with Crippen LogP contribution >= 0.6 is 0 Å². The fourth-order valence-electron chi connectivity index (χ4n) is 0.684. The van der Waals surface area contributed by atoms with Gasteiger partial charge in [-0.3, -0.25) is 0 Å². The number of hydrogen-bond donors (Lipinski definition) is 1. The molecule has 0 aliphatic rings. The second kappa shape index (κ2) is 9.40. The molecule has 0 aromatic rings. The number of carboxylic acids is 4. The third-order valence-corrected chi connectivity index (χ3v) is 1.25. The van der Waals surface area contributed by atoms with Crippen LogP contribution in [0.25, 0.3) is 0 Å². The van der Waals surface area contributed by atoms with E-state index in [4.69, 9.17) is 15.0 Å². The second-order valence-electron chi connectivity index (χ2n) is 2.91. The van der Waals surface area contributed by atoms with Crippen molar-refractivity contribution < 1.29 is 61.8 Å². The summed E-state index contributed by atoms with van der Waals surface area (Å²) in [5.41, 5.74) is -2.97. The molecule has 0 fully saturated rings. The first-order valence-corrected chi connectivity index (χ1v) is 4.02. The molecule has 18 heavy (non-hydrogen) atoms. The number of aliphatic hydroxyl groups is 1. The SMILES string of the molecule is CC(=O)[O-].O=C([O-])CC(O)(CC(=O)[O-])C(=O)[O-].[Cu]. The molecule has 109 valence electrons. The predicted molar refractivity (Wildman–Crippen MR) is 39.9 cm³/mol. The molecule has 0 heterocycles. The Labute approximate surface area is 112 Å². The Morgan fingerprint density at radius 1 is 0.944 bits per heavy atom. The fourth-order valence-corrected chi connectivity index (χ4v) is 0.684. The molecule has 0 saturated heterocycles. The van der Waals surface area contributed by atoms with Gasteiger partial charge in [0.1, 0.15) is 5.60 Å². The normalized spacial score (nSPS) is 9.22. The van der Waals surface area contributed by atoms with Gasteiger partial charge in [-0.25, -0.2) is 0 Å². The van der Waals surface area contributed by atoms with Crippen molar-refractivity contribution in [1.29, 1.82) is 0 Å². The minimum Gasteiger partial charge on any atom is -0.550 e. The molecule has 0 spiro atoms. The van der Waals surface area contributed by atoms with E-state index in [-0.39, 0.29) is 17.1 Å². The summed E-state index contributed by atoms with van der Waals surface area (Å²) in [6.45, 7) is 0.972. The molecule has 0 aliphatic heterocycles. The molecule has 0 atom stereocenters. The van der Waals surface area contributed by atoms with Crippen LogP contribution in [0.4, 0.5) is 0 Å². The molecule has 0 unspecified atom stereocenters. The molecule has 1 N–H and O–H groups in total. The maximum atomic E-state index is 10.1. The number of rotatable bonds is 5. The monoisotopic (exact) mass is 311 g/mol. The number of carbonyl (C=O) groups is 4. The molecular formula is C8H8CuO9-4. The maximum absolute atomic E-state index is 10.1. The average Bonchev–Trinajstić information content (AvgIpc) is 1.98. The van der Waals surface area contributed by atoms with Crippen molar-refractivity contribution in [3.8, 4) is 0 Å². The van der Waals surface area contributed by atoms with Crippen LogP contribution in [0.3, 0.4) is 0 Å². The van der Waals surface area contributed by atoms with E-state index in [9.17, 15) is 29.7 Å². The minimum absolute atomic E-state index is 0. The van der Waals surface area contributed by atoms with Crippen molar-refractivity contribution in [1.82, 2.24) is 0 Å². The Bertz CT molecular complexity index is 305. The van der Waals surface area contributed by atoms with E-state index in [2.05, 4.69) is 0 Å². The number of carbonyl (C=O) groups excluding carboxylic acids is 4. The largest absolute Gasteiger partial charge is 0.550 e. The van der Waals surface area contributed by atoms with Crippen molar-refractivity contribution >= 4 is 23.9 Å². The molecule has 0 aromatic carbocycles. The van der Waals surface area contributed by atoms with E-state index in [1.807, 2.05) is 0 Å². The predicted octanol–water partition coefficient (Wildman–Crippen LogP) is -6.50. The number of hydrogen-bond acceptors (Lipinski definition) is 9. The summed E-state index contributed by atoms with van der Waals surface area (Å²) in [6, 6.07) is 0. The molecule has 0 rings (SSSR count). The van der Waals surface area contributed by atoms with E-state index in [1.165, 1.54) is 0 Å². The summed E-state index contributed by atoms with van der Waals surface area (Å²) < 4.78 is 0. The van der Waals surface area contributed by atoms with Crippen molar-refractivity contribution in [2.24, 2.45) is 0 Å². The Hall–Kier alpha value is -1.64. The van der Waals surface area contributed by atoms with Gasteiger partial charge in [0.2, 0.25) is 0 Å². The van der Waals surface area contributed by atoms with Gasteiger partial charge in [0, 0.05) is 47.8 Å². The molecular weight excluding hydrogens is 304 g/mol. The molecule has 10 heteroatoms. The van der Waals surface area contributed by atoms with E-state index in [1.54, 1.807) is 0 Å². The standard InChI is InChI=1S/C6H8O7.C2H4O2.Cu/c7-3(8)1-6(13,5(11)12)2-4(9)10;1-2(3)4;/h13H,1-2H2,(H,7,8)(H,9,10)(H,11,12);1H3,(H,3,4);/p-4. The zero-order valence-electron chi connectivity index (χ0n) is 8.93. The zero-order valence-corrected chi connectivity index (χ0v) is 9.87. The first-order valence-electron chi connectivity index (χ1n) is 4.02. The molecule has 9 nitrogen and oxygen atoms in total. The molecule has 0 amide bonds. The van der Waals surface area contributed by atoms with Crippen molar-refractivity contribution in [2.45, 2.75) is 25.4 Å². The Morgan fingerprint density at radius 3 is 1.28 bits per heavy atom. The Morgan fingerprint density at radius 2 is 1.17 bits per heavy atom. The fraction of sp³-hybridized carbons (Fsp3) is 0.500. The first kappa shape index (κ1) is 21.6. The smallest absolute Gasteiger partial charge is 0.114 e. The van der Waals surface area contributed by atoms with Gasteiger partial charge in [-0.15, -0.1) is 0 Å². The van der Waals surface area contributed by atoms with Gasteiger partial charge in [-0.2, -0.15) is 0 Å². The van der Waals surface area contributed by atoms with Crippen LogP contribution < -0.4 is 20.4 Å². The van der Waals surface area contributed by atoms with Gasteiger partial charge in [0.25, 0.3) is 0 Å². The Kier molecular flexibility index (Phi) is 11.3. The summed E-state index contributed by atoms with van der Waals surface area (Å²) in [7, 11) is 0. The van der Waals surface area contributed by atoms with Crippen molar-refractivity contribution in [3.05, 3.63) is 0 Å². The molecule has 0 bridgehead atoms. The van der Waals surface area contributed by atoms with E-state index in [0.29, 0.717) is 0 Å². The number of carboxylic acid groups (broad SMARTS) is 4. The van der Waals surface area contributed by atoms with E-state index in [0.717, 1.165) is 6.92 Å². The van der Waals surface area contributed by atoms with Gasteiger partial charge >= 0.3 is 0 Å². The van der Waals surface area contributed by atoms with Crippen LogP contribution in [0.5, 0.6) is 0 Å². The summed E-state index contributed by atoms with van der Waals surface area (Å²) in [6.07, 6.45) is -2.72. The van der Waals surface area contributed by atoms with Crippen molar-refractivity contribution in [3.63, 3.8) is 0 Å². The first-order chi connectivity index (χ1) is 7.51.